The van der Waals surface area contributed by atoms with Crippen molar-refractivity contribution in [3.05, 3.63) is 52.6 Å². The number of carbonyl (C=O) groups excluding carboxylic acids is 1. The molecular weight excluding hydrogens is 408 g/mol. The molecule has 150 valence electrons. The molecule has 0 spiro atoms. The van der Waals surface area contributed by atoms with Crippen LogP contribution in [-0.4, -0.2) is 42.5 Å². The highest BCUT2D eigenvalue weighted by Gasteiger charge is 2.27. The fraction of sp³-hybridized carbons (Fsp3) is 0.350. The molecule has 0 radical (unpaired) electrons. The quantitative estimate of drug-likeness (QED) is 0.630. The van der Waals surface area contributed by atoms with Crippen LogP contribution in [0.4, 0.5) is 5.69 Å². The molecule has 9 heteroatoms. The summed E-state index contributed by atoms with van der Waals surface area (Å²) in [5.41, 5.74) is 3.62. The molecule has 29 heavy (non-hydrogen) atoms. The fourth-order valence-electron chi connectivity index (χ4n) is 3.39. The average Bonchev–Trinajstić information content (AvgIpc) is 3.32. The third-order valence-corrected chi connectivity index (χ3v) is 6.33. The second kappa shape index (κ2) is 8.12. The minimum Gasteiger partial charge on any atom is -0.274 e. The number of anilines is 1. The first kappa shape index (κ1) is 19.8. The maximum absolute atomic E-state index is 13.3. The van der Waals surface area contributed by atoms with Crippen LogP contribution in [0, 0.1) is 13.8 Å². The van der Waals surface area contributed by atoms with Gasteiger partial charge < -0.3 is 0 Å². The van der Waals surface area contributed by atoms with Gasteiger partial charge in [-0.15, -0.1) is 0 Å². The van der Waals surface area contributed by atoms with E-state index in [4.69, 9.17) is 11.6 Å². The standard InChI is InChI=1S/C20H21ClN6OS/c1-12-10-29-20(24-12)26(16-6-4-15(21)5-7-16)18(28)9-8-17-13(2)25-19-22-11-23-27(19)14(17)3/h4-7,11-12H,8-10H2,1-3H3/t12-/m1/s1. The highest BCUT2D eigenvalue weighted by Crippen LogP contribution is 2.28. The van der Waals surface area contributed by atoms with Crippen molar-refractivity contribution in [1.29, 1.82) is 0 Å². The summed E-state index contributed by atoms with van der Waals surface area (Å²) in [4.78, 5) is 28.3. The number of aryl methyl sites for hydroxylation is 2. The van der Waals surface area contributed by atoms with Gasteiger partial charge in [0.25, 0.3) is 5.78 Å². The highest BCUT2D eigenvalue weighted by atomic mass is 35.5. The zero-order chi connectivity index (χ0) is 20.5. The molecule has 1 amide bonds. The van der Waals surface area contributed by atoms with Crippen molar-refractivity contribution in [2.45, 2.75) is 39.7 Å². The molecule has 2 aromatic heterocycles. The van der Waals surface area contributed by atoms with E-state index in [2.05, 4.69) is 27.0 Å². The van der Waals surface area contributed by atoms with Crippen LogP contribution in [0.25, 0.3) is 5.78 Å². The number of fused-ring (bicyclic) bond motifs is 1. The number of nitrogens with zero attached hydrogens (tertiary/aromatic N) is 6. The molecule has 1 aliphatic rings. The third-order valence-electron chi connectivity index (χ3n) is 4.89. The summed E-state index contributed by atoms with van der Waals surface area (Å²) in [5, 5.41) is 5.59. The van der Waals surface area contributed by atoms with Gasteiger partial charge in [-0.3, -0.25) is 14.7 Å². The van der Waals surface area contributed by atoms with Crippen LogP contribution in [0.15, 0.2) is 35.6 Å². The number of rotatable bonds is 4. The van der Waals surface area contributed by atoms with Crippen LogP contribution in [-0.2, 0) is 11.2 Å². The first-order valence-electron chi connectivity index (χ1n) is 9.39. The summed E-state index contributed by atoms with van der Waals surface area (Å²) >= 11 is 7.64. The van der Waals surface area contributed by atoms with Gasteiger partial charge in [0.1, 0.15) is 6.33 Å². The predicted molar refractivity (Wildman–Crippen MR) is 117 cm³/mol. The molecule has 0 saturated heterocycles. The summed E-state index contributed by atoms with van der Waals surface area (Å²) in [5.74, 6) is 1.44. The van der Waals surface area contributed by atoms with Gasteiger partial charge in [-0.25, -0.2) is 9.50 Å². The molecule has 4 rings (SSSR count). The van der Waals surface area contributed by atoms with Gasteiger partial charge in [0.15, 0.2) is 5.17 Å². The average molecular weight is 429 g/mol. The van der Waals surface area contributed by atoms with Crippen molar-refractivity contribution >= 4 is 45.9 Å². The molecule has 0 saturated carbocycles. The number of amidine groups is 1. The van der Waals surface area contributed by atoms with Crippen molar-refractivity contribution < 1.29 is 4.79 Å². The topological polar surface area (TPSA) is 75.8 Å². The van der Waals surface area contributed by atoms with Crippen LogP contribution in [0.3, 0.4) is 0 Å². The Bertz CT molecular complexity index is 1090. The van der Waals surface area contributed by atoms with E-state index in [0.717, 1.165) is 33.6 Å². The molecule has 0 aliphatic carbocycles. The summed E-state index contributed by atoms with van der Waals surface area (Å²) in [6, 6.07) is 7.48. The van der Waals surface area contributed by atoms with Gasteiger partial charge in [0.2, 0.25) is 5.91 Å². The highest BCUT2D eigenvalue weighted by molar-refractivity contribution is 8.14. The Labute approximate surface area is 178 Å². The second-order valence-electron chi connectivity index (χ2n) is 7.01. The molecule has 1 atom stereocenters. The van der Waals surface area contributed by atoms with Gasteiger partial charge in [-0.05, 0) is 57.0 Å². The molecular formula is C20H21ClN6OS. The Balaban J connectivity index is 1.60. The number of hydrogen-bond acceptors (Lipinski definition) is 6. The van der Waals surface area contributed by atoms with Crippen molar-refractivity contribution in [3.8, 4) is 0 Å². The zero-order valence-electron chi connectivity index (χ0n) is 16.5. The van der Waals surface area contributed by atoms with Gasteiger partial charge in [-0.2, -0.15) is 10.1 Å². The van der Waals surface area contributed by atoms with Crippen molar-refractivity contribution in [1.82, 2.24) is 19.6 Å². The first-order chi connectivity index (χ1) is 13.9. The molecule has 1 aliphatic heterocycles. The smallest absolute Gasteiger partial charge is 0.252 e. The number of aromatic nitrogens is 4. The molecule has 0 unspecified atom stereocenters. The second-order valence-corrected chi connectivity index (χ2v) is 8.43. The molecule has 0 bridgehead atoms. The van der Waals surface area contributed by atoms with E-state index in [1.54, 1.807) is 33.3 Å². The van der Waals surface area contributed by atoms with Crippen molar-refractivity contribution in [3.63, 3.8) is 0 Å². The molecule has 0 N–H and O–H groups in total. The number of halogens is 1. The lowest BCUT2D eigenvalue weighted by Gasteiger charge is -2.22. The Hall–Kier alpha value is -2.45. The number of benzene rings is 1. The first-order valence-corrected chi connectivity index (χ1v) is 10.8. The molecule has 7 nitrogen and oxygen atoms in total. The summed E-state index contributed by atoms with van der Waals surface area (Å²) < 4.78 is 1.71. The maximum Gasteiger partial charge on any atom is 0.252 e. The lowest BCUT2D eigenvalue weighted by atomic mass is 10.1. The molecule has 3 aromatic rings. The number of hydrogen-bond donors (Lipinski definition) is 0. The largest absolute Gasteiger partial charge is 0.274 e. The van der Waals surface area contributed by atoms with Crippen LogP contribution >= 0.6 is 23.4 Å². The third kappa shape index (κ3) is 4.00. The minimum absolute atomic E-state index is 0.00911. The van der Waals surface area contributed by atoms with E-state index < -0.39 is 0 Å². The fourth-order valence-corrected chi connectivity index (χ4v) is 4.57. The van der Waals surface area contributed by atoms with E-state index in [1.807, 2.05) is 26.0 Å². The number of aliphatic imine (C=N–C) groups is 1. The predicted octanol–water partition coefficient (Wildman–Crippen LogP) is 3.85. The molecule has 1 aromatic carbocycles. The summed E-state index contributed by atoms with van der Waals surface area (Å²) in [6.07, 6.45) is 2.39. The Kier molecular flexibility index (Phi) is 5.56. The van der Waals surface area contributed by atoms with Crippen LogP contribution in [0.1, 0.15) is 30.3 Å². The number of thioether (sulfide) groups is 1. The summed E-state index contributed by atoms with van der Waals surface area (Å²) in [7, 11) is 0. The zero-order valence-corrected chi connectivity index (χ0v) is 18.0. The summed E-state index contributed by atoms with van der Waals surface area (Å²) in [6.45, 7) is 5.97. The monoisotopic (exact) mass is 428 g/mol. The van der Waals surface area contributed by atoms with Crippen LogP contribution in [0.2, 0.25) is 5.02 Å². The minimum atomic E-state index is -0.00911. The SMILES string of the molecule is Cc1nc2ncnn2c(C)c1CCC(=O)N(C1=N[C@H](C)CS1)c1ccc(Cl)cc1. The number of carbonyl (C=O) groups is 1. The Morgan fingerprint density at radius 3 is 2.76 bits per heavy atom. The Morgan fingerprint density at radius 1 is 1.31 bits per heavy atom. The van der Waals surface area contributed by atoms with E-state index in [1.165, 1.54) is 6.33 Å². The van der Waals surface area contributed by atoms with Gasteiger partial charge >= 0.3 is 0 Å². The van der Waals surface area contributed by atoms with E-state index in [9.17, 15) is 4.79 Å². The lowest BCUT2D eigenvalue weighted by Crippen LogP contribution is -2.35. The van der Waals surface area contributed by atoms with Gasteiger partial charge in [-0.1, -0.05) is 23.4 Å². The van der Waals surface area contributed by atoms with Crippen molar-refractivity contribution in [2.24, 2.45) is 4.99 Å². The van der Waals surface area contributed by atoms with E-state index >= 15 is 0 Å². The molecule has 3 heterocycles. The van der Waals surface area contributed by atoms with Crippen LogP contribution < -0.4 is 4.90 Å². The van der Waals surface area contributed by atoms with E-state index in [-0.39, 0.29) is 11.9 Å². The Morgan fingerprint density at radius 2 is 2.07 bits per heavy atom. The van der Waals surface area contributed by atoms with E-state index in [0.29, 0.717) is 23.6 Å². The lowest BCUT2D eigenvalue weighted by molar-refractivity contribution is -0.117. The molecule has 0 fully saturated rings. The van der Waals surface area contributed by atoms with Gasteiger partial charge in [0, 0.05) is 28.6 Å². The normalized spacial score (nSPS) is 16.3. The number of amides is 1. The van der Waals surface area contributed by atoms with Crippen LogP contribution in [0.5, 0.6) is 0 Å². The van der Waals surface area contributed by atoms with Gasteiger partial charge in [0.05, 0.1) is 11.7 Å². The maximum atomic E-state index is 13.3. The van der Waals surface area contributed by atoms with Crippen molar-refractivity contribution in [2.75, 3.05) is 10.7 Å².